The molecule has 0 saturated carbocycles. The second kappa shape index (κ2) is 8.92. The predicted molar refractivity (Wildman–Crippen MR) is 103 cm³/mol. The van der Waals surface area contributed by atoms with Crippen molar-refractivity contribution in [1.29, 1.82) is 0 Å². The molecule has 0 aromatic heterocycles. The number of likely N-dealkylation sites (tertiary alicyclic amines) is 1. The summed E-state index contributed by atoms with van der Waals surface area (Å²) >= 11 is 0. The maximum absolute atomic E-state index is 11.9. The van der Waals surface area contributed by atoms with Gasteiger partial charge < -0.3 is 19.4 Å². The van der Waals surface area contributed by atoms with Gasteiger partial charge in [0, 0.05) is 57.5 Å². The Balaban J connectivity index is 1.39. The van der Waals surface area contributed by atoms with Gasteiger partial charge in [-0.2, -0.15) is 0 Å². The molecule has 0 aliphatic carbocycles. The number of hydrogen-bond donors (Lipinski definition) is 0. The van der Waals surface area contributed by atoms with Gasteiger partial charge in [0.25, 0.3) is 0 Å². The third-order valence-electron chi connectivity index (χ3n) is 4.83. The summed E-state index contributed by atoms with van der Waals surface area (Å²) in [5.41, 5.74) is 2.41. The summed E-state index contributed by atoms with van der Waals surface area (Å²) in [4.78, 5) is 21.8. The number of piperidine rings is 2. The molecular weight excluding hydrogens is 330 g/mol. The van der Waals surface area contributed by atoms with E-state index in [1.807, 2.05) is 19.9 Å². The fourth-order valence-corrected chi connectivity index (χ4v) is 3.32. The first kappa shape index (κ1) is 18.5. The van der Waals surface area contributed by atoms with Crippen molar-refractivity contribution in [3.63, 3.8) is 0 Å². The monoisotopic (exact) mass is 359 g/mol. The number of carbonyl (C=O) groups excluding carboxylic acids is 1. The standard InChI is InChI=1S/C20H29N3O3/c1-16(2)25-20(24)23-14-10-19(11-15-23)26-21-17-8-12-22(13-9-17)18-6-4-3-5-7-18/h3-7,16,19H,8-15H2,1-2H3. The molecule has 6 nitrogen and oxygen atoms in total. The number of ether oxygens (including phenoxy) is 1. The maximum Gasteiger partial charge on any atom is 0.410 e. The van der Waals surface area contributed by atoms with Gasteiger partial charge in [-0.3, -0.25) is 0 Å². The fourth-order valence-electron chi connectivity index (χ4n) is 3.32. The number of amides is 1. The SMILES string of the molecule is CC(C)OC(=O)N1CCC(ON=C2CCN(c3ccccc3)CC2)CC1. The van der Waals surface area contributed by atoms with Gasteiger partial charge in [0.05, 0.1) is 11.8 Å². The van der Waals surface area contributed by atoms with Gasteiger partial charge in [-0.25, -0.2) is 4.79 Å². The second-order valence-electron chi connectivity index (χ2n) is 7.20. The van der Waals surface area contributed by atoms with Crippen molar-refractivity contribution in [3.8, 4) is 0 Å². The van der Waals surface area contributed by atoms with Crippen LogP contribution in [0.25, 0.3) is 0 Å². The minimum atomic E-state index is -0.224. The van der Waals surface area contributed by atoms with Gasteiger partial charge in [-0.1, -0.05) is 23.4 Å². The summed E-state index contributed by atoms with van der Waals surface area (Å²) in [5, 5.41) is 4.41. The van der Waals surface area contributed by atoms with Crippen molar-refractivity contribution in [2.24, 2.45) is 5.16 Å². The summed E-state index contributed by atoms with van der Waals surface area (Å²) in [6.45, 7) is 7.03. The van der Waals surface area contributed by atoms with E-state index in [9.17, 15) is 4.79 Å². The van der Waals surface area contributed by atoms with Crippen LogP contribution in [0.4, 0.5) is 10.5 Å². The lowest BCUT2D eigenvalue weighted by Gasteiger charge is -2.31. The molecule has 142 valence electrons. The van der Waals surface area contributed by atoms with Gasteiger partial charge >= 0.3 is 6.09 Å². The Morgan fingerprint density at radius 1 is 1.08 bits per heavy atom. The van der Waals surface area contributed by atoms with Crippen molar-refractivity contribution in [2.45, 2.75) is 51.7 Å². The van der Waals surface area contributed by atoms with Crippen LogP contribution >= 0.6 is 0 Å². The first-order valence-corrected chi connectivity index (χ1v) is 9.59. The Morgan fingerprint density at radius 2 is 1.73 bits per heavy atom. The van der Waals surface area contributed by atoms with E-state index in [0.29, 0.717) is 13.1 Å². The van der Waals surface area contributed by atoms with Crippen molar-refractivity contribution >= 4 is 17.5 Å². The number of benzene rings is 1. The molecule has 1 amide bonds. The molecule has 6 heteroatoms. The molecule has 2 aliphatic heterocycles. The van der Waals surface area contributed by atoms with E-state index in [0.717, 1.165) is 44.5 Å². The second-order valence-corrected chi connectivity index (χ2v) is 7.20. The average molecular weight is 359 g/mol. The minimum absolute atomic E-state index is 0.0790. The third-order valence-corrected chi connectivity index (χ3v) is 4.83. The topological polar surface area (TPSA) is 54.4 Å². The van der Waals surface area contributed by atoms with Crippen LogP contribution in [0.1, 0.15) is 39.5 Å². The van der Waals surface area contributed by atoms with Gasteiger partial charge in [-0.15, -0.1) is 0 Å². The molecule has 26 heavy (non-hydrogen) atoms. The van der Waals surface area contributed by atoms with Gasteiger partial charge in [0.15, 0.2) is 0 Å². The third kappa shape index (κ3) is 5.13. The zero-order chi connectivity index (χ0) is 18.4. The van der Waals surface area contributed by atoms with Crippen LogP contribution in [-0.2, 0) is 9.57 Å². The largest absolute Gasteiger partial charge is 0.447 e. The summed E-state index contributed by atoms with van der Waals surface area (Å²) < 4.78 is 5.24. The van der Waals surface area contributed by atoms with Gasteiger partial charge in [-0.05, 0) is 26.0 Å². The van der Waals surface area contributed by atoms with Crippen molar-refractivity contribution in [3.05, 3.63) is 30.3 Å². The molecule has 0 spiro atoms. The average Bonchev–Trinajstić information content (AvgIpc) is 2.67. The Labute approximate surface area is 155 Å². The normalized spacial score (nSPS) is 18.8. The Bertz CT molecular complexity index is 600. The summed E-state index contributed by atoms with van der Waals surface area (Å²) in [6.07, 6.45) is 3.28. The maximum atomic E-state index is 11.9. The van der Waals surface area contributed by atoms with Crippen molar-refractivity contribution in [1.82, 2.24) is 4.90 Å². The van der Waals surface area contributed by atoms with Crippen LogP contribution in [0, 0.1) is 0 Å². The summed E-state index contributed by atoms with van der Waals surface area (Å²) in [6, 6.07) is 10.5. The first-order valence-electron chi connectivity index (χ1n) is 9.59. The molecule has 3 rings (SSSR count). The molecule has 0 N–H and O–H groups in total. The molecule has 2 heterocycles. The van der Waals surface area contributed by atoms with E-state index in [4.69, 9.17) is 9.57 Å². The van der Waals surface area contributed by atoms with E-state index in [2.05, 4.69) is 34.3 Å². The number of rotatable bonds is 4. The number of anilines is 1. The predicted octanol–water partition coefficient (Wildman–Crippen LogP) is 3.67. The van der Waals surface area contributed by atoms with Crippen LogP contribution in [0.15, 0.2) is 35.5 Å². The molecule has 0 unspecified atom stereocenters. The molecule has 2 fully saturated rings. The van der Waals surface area contributed by atoms with Gasteiger partial charge in [0.1, 0.15) is 6.10 Å². The van der Waals surface area contributed by atoms with E-state index in [1.165, 1.54) is 5.69 Å². The van der Waals surface area contributed by atoms with Crippen LogP contribution in [0.2, 0.25) is 0 Å². The van der Waals surface area contributed by atoms with E-state index >= 15 is 0 Å². The molecular formula is C20H29N3O3. The lowest BCUT2D eigenvalue weighted by atomic mass is 10.1. The highest BCUT2D eigenvalue weighted by atomic mass is 16.6. The number of nitrogens with zero attached hydrogens (tertiary/aromatic N) is 3. The van der Waals surface area contributed by atoms with Crippen LogP contribution < -0.4 is 4.90 Å². The zero-order valence-corrected chi connectivity index (χ0v) is 15.8. The van der Waals surface area contributed by atoms with Gasteiger partial charge in [0.2, 0.25) is 0 Å². The lowest BCUT2D eigenvalue weighted by Crippen LogP contribution is -2.41. The number of oxime groups is 1. The molecule has 2 saturated heterocycles. The van der Waals surface area contributed by atoms with Crippen LogP contribution in [0.5, 0.6) is 0 Å². The summed E-state index contributed by atoms with van der Waals surface area (Å²) in [7, 11) is 0. The lowest BCUT2D eigenvalue weighted by molar-refractivity contribution is 0.00415. The Morgan fingerprint density at radius 3 is 2.35 bits per heavy atom. The minimum Gasteiger partial charge on any atom is -0.447 e. The molecule has 1 aromatic rings. The highest BCUT2D eigenvalue weighted by Crippen LogP contribution is 2.20. The van der Waals surface area contributed by atoms with E-state index in [1.54, 1.807) is 4.90 Å². The molecule has 0 radical (unpaired) electrons. The van der Waals surface area contributed by atoms with E-state index in [-0.39, 0.29) is 18.3 Å². The summed E-state index contributed by atoms with van der Waals surface area (Å²) in [5.74, 6) is 0. The zero-order valence-electron chi connectivity index (χ0n) is 15.8. The van der Waals surface area contributed by atoms with Crippen molar-refractivity contribution < 1.29 is 14.4 Å². The Hall–Kier alpha value is -2.24. The molecule has 0 bridgehead atoms. The highest BCUT2D eigenvalue weighted by molar-refractivity contribution is 5.86. The van der Waals surface area contributed by atoms with Crippen LogP contribution in [-0.4, -0.2) is 55.1 Å². The highest BCUT2D eigenvalue weighted by Gasteiger charge is 2.25. The molecule has 1 aromatic carbocycles. The number of carbonyl (C=O) groups is 1. The number of hydrogen-bond acceptors (Lipinski definition) is 5. The number of para-hydroxylation sites is 1. The Kier molecular flexibility index (Phi) is 6.36. The van der Waals surface area contributed by atoms with Crippen LogP contribution in [0.3, 0.4) is 0 Å². The quantitative estimate of drug-likeness (QED) is 0.770. The van der Waals surface area contributed by atoms with E-state index < -0.39 is 0 Å². The molecule has 2 aliphatic rings. The smallest absolute Gasteiger partial charge is 0.410 e. The first-order chi connectivity index (χ1) is 12.6. The fraction of sp³-hybridized carbons (Fsp3) is 0.600. The molecule has 0 atom stereocenters. The van der Waals surface area contributed by atoms with Crippen molar-refractivity contribution in [2.75, 3.05) is 31.1 Å².